The summed E-state index contributed by atoms with van der Waals surface area (Å²) in [6, 6.07) is 7.82. The molecule has 1 aromatic heterocycles. The van der Waals surface area contributed by atoms with Gasteiger partial charge in [0.15, 0.2) is 0 Å². The average Bonchev–Trinajstić information content (AvgIpc) is 2.74. The molecule has 0 fully saturated rings. The lowest BCUT2D eigenvalue weighted by molar-refractivity contribution is 0.645. The first-order valence-electron chi connectivity index (χ1n) is 5.23. The molecular formula is C12H14ClN3. The van der Waals surface area contributed by atoms with Gasteiger partial charge in [0.2, 0.25) is 0 Å². The van der Waals surface area contributed by atoms with Crippen molar-refractivity contribution in [2.24, 2.45) is 5.73 Å². The van der Waals surface area contributed by atoms with Crippen LogP contribution >= 0.6 is 11.6 Å². The predicted octanol–water partition coefficient (Wildman–Crippen LogP) is 2.18. The van der Waals surface area contributed by atoms with Gasteiger partial charge in [-0.2, -0.15) is 0 Å². The van der Waals surface area contributed by atoms with Crippen LogP contribution in [-0.2, 0) is 12.8 Å². The van der Waals surface area contributed by atoms with Gasteiger partial charge >= 0.3 is 0 Å². The summed E-state index contributed by atoms with van der Waals surface area (Å²) in [5.74, 6) is 0.916. The Hall–Kier alpha value is -1.32. The highest BCUT2D eigenvalue weighted by atomic mass is 35.5. The number of rotatable bonds is 4. The third-order valence-electron chi connectivity index (χ3n) is 2.45. The van der Waals surface area contributed by atoms with Crippen molar-refractivity contribution in [1.29, 1.82) is 0 Å². The Morgan fingerprint density at radius 3 is 2.81 bits per heavy atom. The fourth-order valence-electron chi connectivity index (χ4n) is 1.68. The fourth-order valence-corrected chi connectivity index (χ4v) is 1.89. The number of H-pyrrole nitrogens is 1. The van der Waals surface area contributed by atoms with Crippen LogP contribution in [-0.4, -0.2) is 16.0 Å². The van der Waals surface area contributed by atoms with Gasteiger partial charge in [0.05, 0.1) is 0 Å². The first-order valence-corrected chi connectivity index (χ1v) is 5.61. The Kier molecular flexibility index (Phi) is 3.59. The Morgan fingerprint density at radius 2 is 2.12 bits per heavy atom. The monoisotopic (exact) mass is 235 g/mol. The summed E-state index contributed by atoms with van der Waals surface area (Å²) < 4.78 is 0. The minimum absolute atomic E-state index is 0.0334. The van der Waals surface area contributed by atoms with Gasteiger partial charge in [0, 0.05) is 29.9 Å². The topological polar surface area (TPSA) is 54.7 Å². The molecule has 0 amide bonds. The molecular weight excluding hydrogens is 222 g/mol. The molecule has 1 aromatic carbocycles. The third kappa shape index (κ3) is 2.84. The average molecular weight is 236 g/mol. The van der Waals surface area contributed by atoms with Crippen molar-refractivity contribution < 1.29 is 0 Å². The highest BCUT2D eigenvalue weighted by Crippen LogP contribution is 2.16. The molecule has 0 spiro atoms. The molecule has 16 heavy (non-hydrogen) atoms. The summed E-state index contributed by atoms with van der Waals surface area (Å²) >= 11 is 6.07. The molecule has 0 saturated heterocycles. The number of benzene rings is 1. The molecule has 2 aromatic rings. The zero-order valence-corrected chi connectivity index (χ0v) is 9.61. The first kappa shape index (κ1) is 11.2. The van der Waals surface area contributed by atoms with Gasteiger partial charge < -0.3 is 10.7 Å². The molecule has 0 aliphatic carbocycles. The van der Waals surface area contributed by atoms with E-state index < -0.39 is 0 Å². The quantitative estimate of drug-likeness (QED) is 0.854. The summed E-state index contributed by atoms with van der Waals surface area (Å²) in [6.45, 7) is 0. The molecule has 1 unspecified atom stereocenters. The van der Waals surface area contributed by atoms with E-state index in [1.165, 1.54) is 0 Å². The largest absolute Gasteiger partial charge is 0.349 e. The van der Waals surface area contributed by atoms with Crippen LogP contribution in [0.2, 0.25) is 5.02 Å². The third-order valence-corrected chi connectivity index (χ3v) is 2.82. The number of hydrogen-bond acceptors (Lipinski definition) is 2. The van der Waals surface area contributed by atoms with Crippen LogP contribution < -0.4 is 5.73 Å². The Morgan fingerprint density at radius 1 is 1.31 bits per heavy atom. The lowest BCUT2D eigenvalue weighted by Crippen LogP contribution is -2.26. The molecule has 1 atom stereocenters. The number of aromatic nitrogens is 2. The number of nitrogens with one attached hydrogen (secondary N) is 1. The van der Waals surface area contributed by atoms with E-state index in [1.54, 1.807) is 12.4 Å². The Balaban J connectivity index is 1.97. The van der Waals surface area contributed by atoms with Crippen LogP contribution in [0.3, 0.4) is 0 Å². The summed E-state index contributed by atoms with van der Waals surface area (Å²) in [4.78, 5) is 7.20. The predicted molar refractivity (Wildman–Crippen MR) is 65.4 cm³/mol. The van der Waals surface area contributed by atoms with Crippen molar-refractivity contribution in [3.63, 3.8) is 0 Å². The van der Waals surface area contributed by atoms with Gasteiger partial charge in [-0.15, -0.1) is 0 Å². The van der Waals surface area contributed by atoms with Gasteiger partial charge in [-0.25, -0.2) is 4.98 Å². The van der Waals surface area contributed by atoms with E-state index >= 15 is 0 Å². The highest BCUT2D eigenvalue weighted by Gasteiger charge is 2.08. The molecule has 84 valence electrons. The van der Waals surface area contributed by atoms with Gasteiger partial charge in [-0.3, -0.25) is 0 Å². The lowest BCUT2D eigenvalue weighted by Gasteiger charge is -2.11. The summed E-state index contributed by atoms with van der Waals surface area (Å²) in [7, 11) is 0. The summed E-state index contributed by atoms with van der Waals surface area (Å²) in [5, 5.41) is 0.775. The molecule has 0 aliphatic rings. The molecule has 3 N–H and O–H groups in total. The molecule has 0 radical (unpaired) electrons. The van der Waals surface area contributed by atoms with Crippen LogP contribution in [0, 0.1) is 0 Å². The van der Waals surface area contributed by atoms with E-state index in [0.29, 0.717) is 0 Å². The second kappa shape index (κ2) is 5.14. The smallest absolute Gasteiger partial charge is 0.107 e. The first-order chi connectivity index (χ1) is 7.75. The minimum atomic E-state index is 0.0334. The van der Waals surface area contributed by atoms with Crippen molar-refractivity contribution in [3.05, 3.63) is 53.1 Å². The van der Waals surface area contributed by atoms with Crippen molar-refractivity contribution in [1.82, 2.24) is 9.97 Å². The molecule has 0 bridgehead atoms. The number of nitrogens with two attached hydrogens (primary N) is 1. The molecule has 3 nitrogen and oxygen atoms in total. The lowest BCUT2D eigenvalue weighted by atomic mass is 10.0. The van der Waals surface area contributed by atoms with E-state index in [2.05, 4.69) is 9.97 Å². The Bertz CT molecular complexity index is 439. The molecule has 0 aliphatic heterocycles. The van der Waals surface area contributed by atoms with Gasteiger partial charge in [0.25, 0.3) is 0 Å². The van der Waals surface area contributed by atoms with Crippen molar-refractivity contribution in [3.8, 4) is 0 Å². The number of aromatic amines is 1. The number of nitrogens with zero attached hydrogens (tertiary/aromatic N) is 1. The van der Waals surface area contributed by atoms with Crippen LogP contribution in [0.5, 0.6) is 0 Å². The minimum Gasteiger partial charge on any atom is -0.349 e. The Labute approximate surface area is 99.7 Å². The van der Waals surface area contributed by atoms with Crippen LogP contribution in [0.4, 0.5) is 0 Å². The van der Waals surface area contributed by atoms with E-state index in [4.69, 9.17) is 17.3 Å². The van der Waals surface area contributed by atoms with Crippen molar-refractivity contribution in [2.45, 2.75) is 18.9 Å². The van der Waals surface area contributed by atoms with Crippen molar-refractivity contribution in [2.75, 3.05) is 0 Å². The van der Waals surface area contributed by atoms with Gasteiger partial charge in [-0.1, -0.05) is 29.8 Å². The van der Waals surface area contributed by atoms with Crippen molar-refractivity contribution >= 4 is 11.6 Å². The van der Waals surface area contributed by atoms with Crippen LogP contribution in [0.1, 0.15) is 11.4 Å². The SMILES string of the molecule is NC(Cc1ncc[nH]1)Cc1ccccc1Cl. The van der Waals surface area contributed by atoms with E-state index in [9.17, 15) is 0 Å². The zero-order valence-electron chi connectivity index (χ0n) is 8.86. The van der Waals surface area contributed by atoms with Gasteiger partial charge in [-0.05, 0) is 18.1 Å². The highest BCUT2D eigenvalue weighted by molar-refractivity contribution is 6.31. The molecule has 4 heteroatoms. The molecule has 2 rings (SSSR count). The fraction of sp³-hybridized carbons (Fsp3) is 0.250. The maximum Gasteiger partial charge on any atom is 0.107 e. The van der Waals surface area contributed by atoms with Crippen LogP contribution in [0.25, 0.3) is 0 Å². The number of hydrogen-bond donors (Lipinski definition) is 2. The van der Waals surface area contributed by atoms with E-state index in [1.807, 2.05) is 24.3 Å². The maximum atomic E-state index is 6.07. The summed E-state index contributed by atoms with van der Waals surface area (Å²) in [6.07, 6.45) is 5.04. The van der Waals surface area contributed by atoms with E-state index in [-0.39, 0.29) is 6.04 Å². The summed E-state index contributed by atoms with van der Waals surface area (Å²) in [5.41, 5.74) is 7.13. The van der Waals surface area contributed by atoms with Gasteiger partial charge in [0.1, 0.15) is 5.82 Å². The van der Waals surface area contributed by atoms with E-state index in [0.717, 1.165) is 29.3 Å². The second-order valence-electron chi connectivity index (χ2n) is 3.80. The second-order valence-corrected chi connectivity index (χ2v) is 4.20. The molecule has 0 saturated carbocycles. The number of halogens is 1. The standard InChI is InChI=1S/C12H14ClN3/c13-11-4-2-1-3-9(11)7-10(14)8-12-15-5-6-16-12/h1-6,10H,7-8,14H2,(H,15,16). The normalized spacial score (nSPS) is 12.6. The number of imidazole rings is 1. The maximum absolute atomic E-state index is 6.07. The van der Waals surface area contributed by atoms with Crippen LogP contribution in [0.15, 0.2) is 36.7 Å². The zero-order chi connectivity index (χ0) is 11.4. The molecule has 1 heterocycles.